The molecule has 0 amide bonds. The first-order valence-corrected chi connectivity index (χ1v) is 4.02. The van der Waals surface area contributed by atoms with Gasteiger partial charge in [-0.25, -0.2) is 4.98 Å². The summed E-state index contributed by atoms with van der Waals surface area (Å²) in [4.78, 5) is 4.02. The van der Waals surface area contributed by atoms with E-state index in [0.717, 1.165) is 5.01 Å². The van der Waals surface area contributed by atoms with E-state index in [2.05, 4.69) is 27.6 Å². The van der Waals surface area contributed by atoms with Crippen molar-refractivity contribution < 1.29 is 0 Å². The van der Waals surface area contributed by atoms with Crippen molar-refractivity contribution in [1.82, 2.24) is 4.98 Å². The van der Waals surface area contributed by atoms with Crippen molar-refractivity contribution in [1.29, 1.82) is 0 Å². The minimum absolute atomic E-state index is 0. The van der Waals surface area contributed by atoms with Gasteiger partial charge in [-0.1, -0.05) is 0 Å². The summed E-state index contributed by atoms with van der Waals surface area (Å²) in [5.74, 6) is 0. The molecular formula is C4H7Cl2IN2S. The highest BCUT2D eigenvalue weighted by Crippen LogP contribution is 2.13. The molecule has 0 bridgehead atoms. The first-order valence-electron chi connectivity index (χ1n) is 2.13. The van der Waals surface area contributed by atoms with Gasteiger partial charge in [0.25, 0.3) is 0 Å². The molecule has 0 aromatic carbocycles. The molecule has 0 unspecified atom stereocenters. The summed E-state index contributed by atoms with van der Waals surface area (Å²) in [6.07, 6.45) is 1.83. The summed E-state index contributed by atoms with van der Waals surface area (Å²) in [5.41, 5.74) is 5.31. The molecular weight excluding hydrogens is 306 g/mol. The number of halogens is 3. The molecule has 1 aromatic rings. The molecule has 1 aromatic heterocycles. The Balaban J connectivity index is 0. The lowest BCUT2D eigenvalue weighted by molar-refractivity contribution is 1.04. The lowest BCUT2D eigenvalue weighted by atomic mass is 10.7. The highest BCUT2D eigenvalue weighted by molar-refractivity contribution is 14.1. The second-order valence-corrected chi connectivity index (χ2v) is 4.27. The Morgan fingerprint density at radius 3 is 2.40 bits per heavy atom. The second kappa shape index (κ2) is 6.60. The summed E-state index contributed by atoms with van der Waals surface area (Å²) in [5, 5.41) is 1.01. The molecule has 0 spiro atoms. The quantitative estimate of drug-likeness (QED) is 0.806. The van der Waals surface area contributed by atoms with Crippen LogP contribution in [0, 0.1) is 2.88 Å². The van der Waals surface area contributed by atoms with Gasteiger partial charge in [-0.2, -0.15) is 0 Å². The number of nitrogens with zero attached hydrogens (tertiary/aromatic N) is 1. The van der Waals surface area contributed by atoms with Crippen molar-refractivity contribution in [2.24, 2.45) is 5.73 Å². The third-order valence-electron chi connectivity index (χ3n) is 0.700. The molecule has 0 saturated heterocycles. The van der Waals surface area contributed by atoms with Gasteiger partial charge in [-0.15, -0.1) is 36.2 Å². The molecule has 0 saturated carbocycles. The van der Waals surface area contributed by atoms with E-state index in [1.807, 2.05) is 6.20 Å². The van der Waals surface area contributed by atoms with Gasteiger partial charge in [0.2, 0.25) is 0 Å². The zero-order valence-electron chi connectivity index (χ0n) is 4.91. The number of rotatable bonds is 1. The van der Waals surface area contributed by atoms with E-state index in [4.69, 9.17) is 5.73 Å². The van der Waals surface area contributed by atoms with Gasteiger partial charge in [0, 0.05) is 6.54 Å². The number of hydrogen-bond donors (Lipinski definition) is 1. The van der Waals surface area contributed by atoms with Crippen LogP contribution in [-0.2, 0) is 6.54 Å². The van der Waals surface area contributed by atoms with E-state index in [-0.39, 0.29) is 24.8 Å². The Kier molecular flexibility index (Phi) is 8.90. The van der Waals surface area contributed by atoms with E-state index in [0.29, 0.717) is 6.54 Å². The smallest absolute Gasteiger partial charge is 0.107 e. The molecule has 0 radical (unpaired) electrons. The third kappa shape index (κ3) is 3.92. The van der Waals surface area contributed by atoms with Crippen LogP contribution < -0.4 is 5.73 Å². The van der Waals surface area contributed by atoms with Crippen LogP contribution >= 0.6 is 58.7 Å². The van der Waals surface area contributed by atoms with Crippen molar-refractivity contribution >= 4 is 58.7 Å². The second-order valence-electron chi connectivity index (χ2n) is 1.26. The summed E-state index contributed by atoms with van der Waals surface area (Å²) in [7, 11) is 0. The summed E-state index contributed by atoms with van der Waals surface area (Å²) >= 11 is 3.86. The Morgan fingerprint density at radius 1 is 1.60 bits per heavy atom. The van der Waals surface area contributed by atoms with Crippen molar-refractivity contribution in [2.75, 3.05) is 0 Å². The maximum Gasteiger partial charge on any atom is 0.107 e. The fourth-order valence-corrected chi connectivity index (χ4v) is 1.80. The largest absolute Gasteiger partial charge is 0.325 e. The topological polar surface area (TPSA) is 38.9 Å². The lowest BCUT2D eigenvalue weighted by Gasteiger charge is -1.78. The molecule has 10 heavy (non-hydrogen) atoms. The highest BCUT2D eigenvalue weighted by atomic mass is 127. The molecule has 2 nitrogen and oxygen atoms in total. The third-order valence-corrected chi connectivity index (χ3v) is 2.45. The van der Waals surface area contributed by atoms with Crippen LogP contribution in [0.5, 0.6) is 0 Å². The van der Waals surface area contributed by atoms with Gasteiger partial charge in [0.05, 0.1) is 9.08 Å². The molecule has 0 aliphatic heterocycles. The Bertz CT molecular complexity index is 182. The molecule has 0 aliphatic carbocycles. The van der Waals surface area contributed by atoms with E-state index in [9.17, 15) is 0 Å². The molecule has 2 N–H and O–H groups in total. The molecule has 0 fully saturated rings. The predicted molar refractivity (Wildman–Crippen MR) is 57.2 cm³/mol. The molecule has 1 heterocycles. The molecule has 1 rings (SSSR count). The van der Waals surface area contributed by atoms with Crippen LogP contribution in [0.1, 0.15) is 5.01 Å². The van der Waals surface area contributed by atoms with Crippen molar-refractivity contribution in [3.63, 3.8) is 0 Å². The first-order chi connectivity index (χ1) is 3.83. The Morgan fingerprint density at radius 2 is 2.20 bits per heavy atom. The number of thiazole rings is 1. The minimum atomic E-state index is 0. The summed E-state index contributed by atoms with van der Waals surface area (Å²) in [6, 6.07) is 0. The highest BCUT2D eigenvalue weighted by Gasteiger charge is 1.93. The fraction of sp³-hybridized carbons (Fsp3) is 0.250. The number of hydrogen-bond acceptors (Lipinski definition) is 3. The van der Waals surface area contributed by atoms with Crippen molar-refractivity contribution in [3.8, 4) is 0 Å². The average molecular weight is 313 g/mol. The maximum absolute atomic E-state index is 5.31. The standard InChI is InChI=1S/C4H5IN2S.2ClH/c5-3-2-7-4(1-6)8-3;;/h2H,1,6H2;2*1H. The molecule has 0 aliphatic rings. The zero-order valence-corrected chi connectivity index (χ0v) is 9.52. The fourth-order valence-electron chi connectivity index (χ4n) is 0.382. The predicted octanol–water partition coefficient (Wildman–Crippen LogP) is 2.05. The van der Waals surface area contributed by atoms with Gasteiger partial charge < -0.3 is 5.73 Å². The SMILES string of the molecule is Cl.Cl.NCc1ncc(I)s1. The van der Waals surface area contributed by atoms with Crippen LogP contribution in [0.2, 0.25) is 0 Å². The Hall–Kier alpha value is 0.900. The minimum Gasteiger partial charge on any atom is -0.325 e. The van der Waals surface area contributed by atoms with E-state index in [1.54, 1.807) is 11.3 Å². The van der Waals surface area contributed by atoms with Crippen LogP contribution in [0.4, 0.5) is 0 Å². The monoisotopic (exact) mass is 312 g/mol. The van der Waals surface area contributed by atoms with Crippen molar-refractivity contribution in [2.45, 2.75) is 6.54 Å². The van der Waals surface area contributed by atoms with Gasteiger partial charge in [-0.05, 0) is 22.6 Å². The average Bonchev–Trinajstić information content (AvgIpc) is 2.14. The van der Waals surface area contributed by atoms with E-state index >= 15 is 0 Å². The van der Waals surface area contributed by atoms with Crippen LogP contribution in [0.25, 0.3) is 0 Å². The lowest BCUT2D eigenvalue weighted by Crippen LogP contribution is -1.93. The summed E-state index contributed by atoms with van der Waals surface area (Å²) < 4.78 is 1.20. The van der Waals surface area contributed by atoms with Gasteiger partial charge in [0.1, 0.15) is 5.01 Å². The van der Waals surface area contributed by atoms with E-state index in [1.165, 1.54) is 2.88 Å². The Labute approximate surface area is 89.6 Å². The number of aromatic nitrogens is 1. The molecule has 60 valence electrons. The van der Waals surface area contributed by atoms with Gasteiger partial charge in [0.15, 0.2) is 0 Å². The summed E-state index contributed by atoms with van der Waals surface area (Å²) in [6.45, 7) is 0.563. The van der Waals surface area contributed by atoms with Crippen molar-refractivity contribution in [3.05, 3.63) is 14.1 Å². The van der Waals surface area contributed by atoms with Crippen LogP contribution in [-0.4, -0.2) is 4.98 Å². The zero-order chi connectivity index (χ0) is 5.98. The normalized spacial score (nSPS) is 7.80. The van der Waals surface area contributed by atoms with Gasteiger partial charge in [-0.3, -0.25) is 0 Å². The molecule has 6 heteroatoms. The first kappa shape index (κ1) is 13.5. The van der Waals surface area contributed by atoms with Crippen LogP contribution in [0.3, 0.4) is 0 Å². The van der Waals surface area contributed by atoms with Gasteiger partial charge >= 0.3 is 0 Å². The van der Waals surface area contributed by atoms with E-state index < -0.39 is 0 Å². The number of nitrogens with two attached hydrogens (primary N) is 1. The maximum atomic E-state index is 5.31. The van der Waals surface area contributed by atoms with Crippen LogP contribution in [0.15, 0.2) is 6.20 Å². The molecule has 0 atom stereocenters.